The molecule has 0 unspecified atom stereocenters. The van der Waals surface area contributed by atoms with Gasteiger partial charge in [-0.25, -0.2) is 0 Å². The van der Waals surface area contributed by atoms with Crippen molar-refractivity contribution in [3.8, 4) is 0 Å². The molecule has 3 saturated carbocycles. The van der Waals surface area contributed by atoms with Crippen molar-refractivity contribution >= 4 is 5.78 Å². The third-order valence-corrected chi connectivity index (χ3v) is 11.4. The summed E-state index contributed by atoms with van der Waals surface area (Å²) in [5, 5.41) is 3.85. The highest BCUT2D eigenvalue weighted by Gasteiger charge is 2.59. The van der Waals surface area contributed by atoms with Crippen molar-refractivity contribution in [1.29, 1.82) is 0 Å². The molecule has 0 amide bonds. The molecule has 0 radical (unpaired) electrons. The number of hydrogen-bond donors (Lipinski definition) is 1. The normalized spacial score (nSPS) is 52.6. The second-order valence-electron chi connectivity index (χ2n) is 12.9. The number of nitrogens with one attached hydrogen (secondary N) is 1. The Morgan fingerprint density at radius 1 is 1.09 bits per heavy atom. The van der Waals surface area contributed by atoms with Gasteiger partial charge in [0.15, 0.2) is 0 Å². The summed E-state index contributed by atoms with van der Waals surface area (Å²) in [4.78, 5) is 12.2. The molecule has 10 atom stereocenters. The van der Waals surface area contributed by atoms with Gasteiger partial charge >= 0.3 is 0 Å². The molecule has 0 aromatic rings. The number of rotatable bonds is 0. The average molecular weight is 441 g/mol. The van der Waals surface area contributed by atoms with Gasteiger partial charge in [0.1, 0.15) is 5.78 Å². The largest absolute Gasteiger partial charge is 0.369 e. The highest BCUT2D eigenvalue weighted by Crippen LogP contribution is 2.65. The standard InChI is InChI=1S/C28H43NO2.CH3/c1-16-11-25-26(29-15-16)18(3)28(31-25)10-8-21-22-6-5-19-12-20(30)7-9-27(19,4)24(22)13-23(21)17(2)14-28;/h16,18-19,21-22,24-26,29H,5-15H2,1-4H3;1H3/q;-1/t16-,18+,19+,21-,22-,24-,25+,26-,27-,28-;/m0./s1. The first-order valence-electron chi connectivity index (χ1n) is 13.4. The lowest BCUT2D eigenvalue weighted by Gasteiger charge is -2.52. The topological polar surface area (TPSA) is 38.3 Å². The quantitative estimate of drug-likeness (QED) is 0.364. The number of piperidine rings is 1. The van der Waals surface area contributed by atoms with E-state index in [1.165, 1.54) is 38.5 Å². The number of fused-ring (bicyclic) bond motifs is 6. The number of hydrogen-bond acceptors (Lipinski definition) is 3. The molecule has 4 aliphatic carbocycles. The van der Waals surface area contributed by atoms with Crippen LogP contribution in [0.15, 0.2) is 11.1 Å². The van der Waals surface area contributed by atoms with E-state index in [2.05, 4.69) is 33.0 Å². The summed E-state index contributed by atoms with van der Waals surface area (Å²) >= 11 is 0. The van der Waals surface area contributed by atoms with E-state index < -0.39 is 0 Å². The third-order valence-electron chi connectivity index (χ3n) is 11.4. The SMILES string of the molecule is CC1=C2C[C@H]3[C@@H](CC[C@@H]4CC(=O)CC[C@@]43C)[C@@H]2CC[C@@]2(C1)O[C@@H]1C[C@H](C)CN[C@H]1[C@H]2C.[CH3-]. The molecule has 3 heteroatoms. The van der Waals surface area contributed by atoms with Gasteiger partial charge in [-0.3, -0.25) is 4.79 Å². The summed E-state index contributed by atoms with van der Waals surface area (Å²) in [7, 11) is 0. The molecule has 0 aromatic carbocycles. The van der Waals surface area contributed by atoms with Crippen LogP contribution in [0.5, 0.6) is 0 Å². The van der Waals surface area contributed by atoms with Crippen molar-refractivity contribution in [2.75, 3.05) is 6.54 Å². The zero-order valence-electron chi connectivity index (χ0n) is 21.2. The van der Waals surface area contributed by atoms with Crippen LogP contribution in [0.3, 0.4) is 0 Å². The van der Waals surface area contributed by atoms with Crippen LogP contribution in [0.1, 0.15) is 91.9 Å². The lowest BCUT2D eigenvalue weighted by molar-refractivity contribution is -0.129. The van der Waals surface area contributed by atoms with E-state index in [0.717, 1.165) is 55.9 Å². The maximum Gasteiger partial charge on any atom is 0.133 e. The van der Waals surface area contributed by atoms with E-state index in [9.17, 15) is 4.79 Å². The molecule has 3 nitrogen and oxygen atoms in total. The fraction of sp³-hybridized carbons (Fsp3) is 0.862. The molecular weight excluding hydrogens is 394 g/mol. The van der Waals surface area contributed by atoms with Gasteiger partial charge in [0.25, 0.3) is 0 Å². The lowest BCUT2D eigenvalue weighted by atomic mass is 9.52. The Kier molecular flexibility index (Phi) is 5.73. The van der Waals surface area contributed by atoms with Crippen molar-refractivity contribution in [3.05, 3.63) is 18.6 Å². The summed E-state index contributed by atoms with van der Waals surface area (Å²) in [5.74, 6) is 4.97. The summed E-state index contributed by atoms with van der Waals surface area (Å²) in [6.45, 7) is 11.0. The van der Waals surface area contributed by atoms with Crippen LogP contribution in [0.25, 0.3) is 0 Å². The van der Waals surface area contributed by atoms with Crippen molar-refractivity contribution < 1.29 is 9.53 Å². The van der Waals surface area contributed by atoms with Gasteiger partial charge in [-0.2, -0.15) is 0 Å². The van der Waals surface area contributed by atoms with Gasteiger partial charge in [0, 0.05) is 24.8 Å². The van der Waals surface area contributed by atoms with Crippen LogP contribution >= 0.6 is 0 Å². The predicted octanol–water partition coefficient (Wildman–Crippen LogP) is 6.13. The first kappa shape index (κ1) is 23.1. The average Bonchev–Trinajstić information content (AvgIpc) is 3.19. The fourth-order valence-electron chi connectivity index (χ4n) is 9.61. The Hall–Kier alpha value is -0.670. The lowest BCUT2D eigenvalue weighted by Crippen LogP contribution is -2.48. The molecule has 180 valence electrons. The summed E-state index contributed by atoms with van der Waals surface area (Å²) in [6.07, 6.45) is 12.2. The van der Waals surface area contributed by atoms with E-state index in [4.69, 9.17) is 4.74 Å². The van der Waals surface area contributed by atoms with Gasteiger partial charge in [-0.05, 0) is 99.8 Å². The minimum atomic E-state index is 0. The number of Topliss-reactive ketones (excluding diaryl/α,β-unsaturated/α-hetero) is 1. The molecule has 2 aliphatic heterocycles. The van der Waals surface area contributed by atoms with Crippen LogP contribution in [0, 0.1) is 48.3 Å². The van der Waals surface area contributed by atoms with Crippen LogP contribution in [0.4, 0.5) is 0 Å². The highest BCUT2D eigenvalue weighted by atomic mass is 16.5. The second-order valence-corrected chi connectivity index (χ2v) is 12.9. The van der Waals surface area contributed by atoms with Crippen LogP contribution in [0.2, 0.25) is 0 Å². The molecule has 6 rings (SSSR count). The van der Waals surface area contributed by atoms with Crippen molar-refractivity contribution in [1.82, 2.24) is 5.32 Å². The summed E-state index contributed by atoms with van der Waals surface area (Å²) < 4.78 is 7.01. The molecule has 2 heterocycles. The van der Waals surface area contributed by atoms with Crippen LogP contribution < -0.4 is 5.32 Å². The Balaban J connectivity index is 0.00000216. The van der Waals surface area contributed by atoms with Gasteiger partial charge in [-0.1, -0.05) is 31.9 Å². The Morgan fingerprint density at radius 3 is 2.72 bits per heavy atom. The first-order valence-corrected chi connectivity index (χ1v) is 13.4. The number of allylic oxidation sites excluding steroid dienone is 1. The molecule has 1 N–H and O–H groups in total. The molecule has 0 aromatic heterocycles. The monoisotopic (exact) mass is 440 g/mol. The molecule has 6 aliphatic rings. The molecule has 32 heavy (non-hydrogen) atoms. The predicted molar refractivity (Wildman–Crippen MR) is 130 cm³/mol. The smallest absolute Gasteiger partial charge is 0.133 e. The van der Waals surface area contributed by atoms with Crippen LogP contribution in [-0.4, -0.2) is 30.1 Å². The fourth-order valence-corrected chi connectivity index (χ4v) is 9.61. The Bertz CT molecular complexity index is 803. The van der Waals surface area contributed by atoms with Gasteiger partial charge in [-0.15, -0.1) is 0 Å². The Morgan fingerprint density at radius 2 is 1.91 bits per heavy atom. The zero-order chi connectivity index (χ0) is 21.5. The zero-order valence-corrected chi connectivity index (χ0v) is 21.2. The highest BCUT2D eigenvalue weighted by molar-refractivity contribution is 5.79. The minimum absolute atomic E-state index is 0. The number of ether oxygens (including phenoxy) is 1. The Labute approximate surface area is 196 Å². The summed E-state index contributed by atoms with van der Waals surface area (Å²) in [6, 6.07) is 0.550. The van der Waals surface area contributed by atoms with E-state index in [-0.39, 0.29) is 13.0 Å². The number of carbonyl (C=O) groups is 1. The van der Waals surface area contributed by atoms with Gasteiger partial charge in [0.2, 0.25) is 0 Å². The summed E-state index contributed by atoms with van der Waals surface area (Å²) in [5.41, 5.74) is 3.95. The molecular formula is C29H46NO2-. The van der Waals surface area contributed by atoms with E-state index >= 15 is 0 Å². The first-order chi connectivity index (χ1) is 14.8. The molecule has 2 saturated heterocycles. The molecule has 5 fully saturated rings. The number of ketones is 1. The van der Waals surface area contributed by atoms with Crippen molar-refractivity contribution in [2.45, 2.75) is 110 Å². The van der Waals surface area contributed by atoms with E-state index in [0.29, 0.717) is 35.2 Å². The van der Waals surface area contributed by atoms with Crippen molar-refractivity contribution in [2.24, 2.45) is 40.9 Å². The van der Waals surface area contributed by atoms with Crippen molar-refractivity contribution in [3.63, 3.8) is 0 Å². The van der Waals surface area contributed by atoms with Crippen LogP contribution in [-0.2, 0) is 9.53 Å². The van der Waals surface area contributed by atoms with E-state index in [1.807, 2.05) is 5.57 Å². The second kappa shape index (κ2) is 7.94. The van der Waals surface area contributed by atoms with Gasteiger partial charge in [0.05, 0.1) is 11.7 Å². The third kappa shape index (κ3) is 3.23. The maximum absolute atomic E-state index is 12.2. The van der Waals surface area contributed by atoms with Gasteiger partial charge < -0.3 is 17.5 Å². The number of carbonyl (C=O) groups excluding carboxylic acids is 1. The molecule has 0 bridgehead atoms. The maximum atomic E-state index is 12.2. The minimum Gasteiger partial charge on any atom is -0.369 e. The molecule has 1 spiro atoms. The van der Waals surface area contributed by atoms with E-state index in [1.54, 1.807) is 5.57 Å².